The number of alkyl halides is 1. The van der Waals surface area contributed by atoms with Crippen molar-refractivity contribution in [3.8, 4) is 0 Å². The van der Waals surface area contributed by atoms with Gasteiger partial charge in [0.2, 0.25) is 5.91 Å². The van der Waals surface area contributed by atoms with E-state index < -0.39 is 23.2 Å². The minimum Gasteiger partial charge on any atom is -0.375 e. The number of carbonyl (C=O) groups is 2. The normalized spacial score (nSPS) is 14.9. The van der Waals surface area contributed by atoms with Crippen molar-refractivity contribution in [2.45, 2.75) is 12.1 Å². The Morgan fingerprint density at radius 1 is 1.21 bits per heavy atom. The topological polar surface area (TPSA) is 71.5 Å². The van der Waals surface area contributed by atoms with E-state index in [1.807, 2.05) is 0 Å². The van der Waals surface area contributed by atoms with Gasteiger partial charge in [-0.1, -0.05) is 35.3 Å². The van der Waals surface area contributed by atoms with Crippen LogP contribution in [0.15, 0.2) is 36.5 Å². The quantitative estimate of drug-likeness (QED) is 0.690. The van der Waals surface area contributed by atoms with E-state index in [1.54, 1.807) is 24.3 Å². The van der Waals surface area contributed by atoms with Crippen LogP contribution >= 0.6 is 34.8 Å². The summed E-state index contributed by atoms with van der Waals surface area (Å²) in [5, 5.41) is 3.05. The average Bonchev–Trinajstić information content (AvgIpc) is 2.63. The van der Waals surface area contributed by atoms with Crippen LogP contribution in [0.25, 0.3) is 0 Å². The molecule has 1 fully saturated rings. The maximum atomic E-state index is 14.0. The highest BCUT2D eigenvalue weighted by atomic mass is 35.5. The molecule has 0 saturated carbocycles. The number of anilines is 1. The lowest BCUT2D eigenvalue weighted by Gasteiger charge is -2.47. The third-order valence-corrected chi connectivity index (χ3v) is 5.02. The molecule has 0 bridgehead atoms. The van der Waals surface area contributed by atoms with Gasteiger partial charge >= 0.3 is 0 Å². The summed E-state index contributed by atoms with van der Waals surface area (Å²) in [5.41, 5.74) is -0.586. The molecule has 0 unspecified atom stereocenters. The summed E-state index contributed by atoms with van der Waals surface area (Å²) in [6, 6.07) is 7.86. The first-order valence-corrected chi connectivity index (χ1v) is 9.46. The Balaban J connectivity index is 1.87. The standard InChI is InChI=1S/C18H15Cl3FN3O3/c19-6-15(26)25(8-11-1-3-12(20)4-2-11)18(9-28-10-18)17(27)24-16-14(22)5-13(21)7-23-16/h1-5,7H,6,8-10H2,(H,23,24,27). The molecular weight excluding hydrogens is 432 g/mol. The van der Waals surface area contributed by atoms with Crippen molar-refractivity contribution in [1.29, 1.82) is 0 Å². The summed E-state index contributed by atoms with van der Waals surface area (Å²) >= 11 is 17.3. The molecule has 10 heteroatoms. The Labute approximate surface area is 175 Å². The zero-order valence-electron chi connectivity index (χ0n) is 14.4. The number of amides is 2. The molecule has 3 rings (SSSR count). The number of pyridine rings is 1. The van der Waals surface area contributed by atoms with Crippen molar-refractivity contribution >= 4 is 52.4 Å². The highest BCUT2D eigenvalue weighted by Gasteiger charge is 2.53. The molecule has 28 heavy (non-hydrogen) atoms. The number of aromatic nitrogens is 1. The smallest absolute Gasteiger partial charge is 0.256 e. The van der Waals surface area contributed by atoms with Gasteiger partial charge in [-0.25, -0.2) is 9.37 Å². The van der Waals surface area contributed by atoms with Crippen LogP contribution < -0.4 is 5.32 Å². The number of carbonyl (C=O) groups excluding carboxylic acids is 2. The molecule has 1 N–H and O–H groups in total. The first kappa shape index (κ1) is 20.8. The van der Waals surface area contributed by atoms with Gasteiger partial charge in [0, 0.05) is 17.8 Å². The van der Waals surface area contributed by atoms with Gasteiger partial charge in [-0.05, 0) is 23.8 Å². The summed E-state index contributed by atoms with van der Waals surface area (Å²) in [4.78, 5) is 30.6. The minimum absolute atomic E-state index is 0.0513. The Bertz CT molecular complexity index is 891. The summed E-state index contributed by atoms with van der Waals surface area (Å²) < 4.78 is 19.2. The van der Waals surface area contributed by atoms with E-state index in [9.17, 15) is 14.0 Å². The van der Waals surface area contributed by atoms with E-state index in [0.29, 0.717) is 5.02 Å². The van der Waals surface area contributed by atoms with Crippen molar-refractivity contribution in [3.63, 3.8) is 0 Å². The van der Waals surface area contributed by atoms with Crippen molar-refractivity contribution < 1.29 is 18.7 Å². The summed E-state index contributed by atoms with van der Waals surface area (Å²) in [7, 11) is 0. The molecule has 0 spiro atoms. The first-order chi connectivity index (χ1) is 13.4. The number of nitrogens with one attached hydrogen (secondary N) is 1. The third-order valence-electron chi connectivity index (χ3n) is 4.33. The van der Waals surface area contributed by atoms with Gasteiger partial charge in [-0.2, -0.15) is 0 Å². The second-order valence-corrected chi connectivity index (χ2v) is 7.34. The van der Waals surface area contributed by atoms with E-state index in [-0.39, 0.29) is 36.5 Å². The lowest BCUT2D eigenvalue weighted by Crippen LogP contribution is -2.70. The predicted octanol–water partition coefficient (Wildman–Crippen LogP) is 3.50. The van der Waals surface area contributed by atoms with E-state index in [0.717, 1.165) is 11.6 Å². The van der Waals surface area contributed by atoms with Crippen LogP contribution in [0, 0.1) is 5.82 Å². The molecule has 1 saturated heterocycles. The fraction of sp³-hybridized carbons (Fsp3) is 0.278. The molecule has 6 nitrogen and oxygen atoms in total. The number of benzene rings is 1. The average molecular weight is 447 g/mol. The number of halogens is 4. The van der Waals surface area contributed by atoms with E-state index >= 15 is 0 Å². The molecule has 0 radical (unpaired) electrons. The maximum absolute atomic E-state index is 14.0. The Kier molecular flexibility index (Phi) is 6.40. The summed E-state index contributed by atoms with van der Waals surface area (Å²) in [5.74, 6) is -2.48. The van der Waals surface area contributed by atoms with E-state index in [4.69, 9.17) is 39.5 Å². The minimum atomic E-state index is -1.33. The van der Waals surface area contributed by atoms with Crippen LogP contribution in [0.2, 0.25) is 10.0 Å². The van der Waals surface area contributed by atoms with E-state index in [1.165, 1.54) is 11.1 Å². The van der Waals surface area contributed by atoms with E-state index in [2.05, 4.69) is 10.3 Å². The Hall–Kier alpha value is -1.93. The van der Waals surface area contributed by atoms with Gasteiger partial charge in [0.1, 0.15) is 5.88 Å². The van der Waals surface area contributed by atoms with Crippen LogP contribution in [-0.4, -0.2) is 46.3 Å². The Morgan fingerprint density at radius 3 is 2.43 bits per heavy atom. The first-order valence-electron chi connectivity index (χ1n) is 8.17. The molecule has 1 aliphatic heterocycles. The molecule has 2 aromatic rings. The van der Waals surface area contributed by atoms with Gasteiger partial charge < -0.3 is 15.0 Å². The SMILES string of the molecule is O=C(CCl)N(Cc1ccc(Cl)cc1)C1(C(=O)Nc2ncc(Cl)cc2F)COC1. The molecule has 2 amide bonds. The number of ether oxygens (including phenoxy) is 1. The van der Waals surface area contributed by atoms with Crippen molar-refractivity contribution in [3.05, 3.63) is 58.0 Å². The molecule has 2 heterocycles. The van der Waals surface area contributed by atoms with Crippen molar-refractivity contribution in [1.82, 2.24) is 9.88 Å². The fourth-order valence-electron chi connectivity index (χ4n) is 2.76. The fourth-order valence-corrected chi connectivity index (χ4v) is 3.17. The molecule has 0 aliphatic carbocycles. The van der Waals surface area contributed by atoms with Crippen molar-refractivity contribution in [2.75, 3.05) is 24.4 Å². The molecule has 1 aromatic carbocycles. The molecular formula is C18H15Cl3FN3O3. The molecule has 1 aromatic heterocycles. The highest BCUT2D eigenvalue weighted by molar-refractivity contribution is 6.30. The maximum Gasteiger partial charge on any atom is 0.256 e. The van der Waals surface area contributed by atoms with Gasteiger partial charge in [-0.15, -0.1) is 11.6 Å². The summed E-state index contributed by atoms with van der Waals surface area (Å²) in [6.07, 6.45) is 1.21. The largest absolute Gasteiger partial charge is 0.375 e. The van der Waals surface area contributed by atoms with Gasteiger partial charge in [0.05, 0.1) is 18.2 Å². The zero-order valence-corrected chi connectivity index (χ0v) is 16.7. The molecule has 148 valence electrons. The number of hydrogen-bond donors (Lipinski definition) is 1. The second-order valence-electron chi connectivity index (χ2n) is 6.20. The molecule has 1 aliphatic rings. The second kappa shape index (κ2) is 8.61. The van der Waals surface area contributed by atoms with Crippen LogP contribution in [0.1, 0.15) is 5.56 Å². The zero-order chi connectivity index (χ0) is 20.3. The van der Waals surface area contributed by atoms with Gasteiger partial charge in [0.15, 0.2) is 17.2 Å². The summed E-state index contributed by atoms with van der Waals surface area (Å²) in [6.45, 7) is 0.00452. The number of rotatable bonds is 6. The predicted molar refractivity (Wildman–Crippen MR) is 104 cm³/mol. The van der Waals surface area contributed by atoms with Crippen LogP contribution in [-0.2, 0) is 20.9 Å². The van der Waals surface area contributed by atoms with Crippen LogP contribution in [0.5, 0.6) is 0 Å². The Morgan fingerprint density at radius 2 is 1.89 bits per heavy atom. The van der Waals surface area contributed by atoms with Gasteiger partial charge in [0.25, 0.3) is 5.91 Å². The molecule has 0 atom stereocenters. The van der Waals surface area contributed by atoms with Crippen LogP contribution in [0.4, 0.5) is 10.2 Å². The third kappa shape index (κ3) is 4.22. The number of nitrogens with zero attached hydrogens (tertiary/aromatic N) is 2. The monoisotopic (exact) mass is 445 g/mol. The lowest BCUT2D eigenvalue weighted by atomic mass is 9.92. The number of hydrogen-bond acceptors (Lipinski definition) is 4. The van der Waals surface area contributed by atoms with Crippen LogP contribution in [0.3, 0.4) is 0 Å². The van der Waals surface area contributed by atoms with Crippen molar-refractivity contribution in [2.24, 2.45) is 0 Å². The van der Waals surface area contributed by atoms with Gasteiger partial charge in [-0.3, -0.25) is 9.59 Å². The lowest BCUT2D eigenvalue weighted by molar-refractivity contribution is -0.176. The highest BCUT2D eigenvalue weighted by Crippen LogP contribution is 2.30.